The van der Waals surface area contributed by atoms with Crippen molar-refractivity contribution in [2.45, 2.75) is 32.6 Å². The van der Waals surface area contributed by atoms with Gasteiger partial charge in [-0.15, -0.1) is 0 Å². The minimum absolute atomic E-state index is 0.282. The number of aryl methyl sites for hydroxylation is 1. The number of carbonyl (C=O) groups is 2. The van der Waals surface area contributed by atoms with E-state index in [9.17, 15) is 9.59 Å². The Morgan fingerprint density at radius 1 is 0.775 bits per heavy atom. The van der Waals surface area contributed by atoms with E-state index in [1.165, 1.54) is 4.90 Å². The van der Waals surface area contributed by atoms with Gasteiger partial charge in [-0.25, -0.2) is 9.96 Å². The summed E-state index contributed by atoms with van der Waals surface area (Å²) in [6, 6.07) is 32.0. The van der Waals surface area contributed by atoms with Gasteiger partial charge in [0.15, 0.2) is 17.6 Å². The molecule has 0 saturated carbocycles. The van der Waals surface area contributed by atoms with Crippen LogP contribution in [0.15, 0.2) is 103 Å². The predicted molar refractivity (Wildman–Crippen MR) is 152 cm³/mol. The summed E-state index contributed by atoms with van der Waals surface area (Å²) < 4.78 is 12.1. The van der Waals surface area contributed by atoms with Crippen LogP contribution in [0.3, 0.4) is 0 Å². The molecule has 0 aliphatic carbocycles. The number of ether oxygens (including phenoxy) is 2. The van der Waals surface area contributed by atoms with Crippen molar-refractivity contribution in [3.05, 3.63) is 120 Å². The Bertz CT molecular complexity index is 1520. The maximum Gasteiger partial charge on any atom is 0.266 e. The summed E-state index contributed by atoms with van der Waals surface area (Å²) in [7, 11) is 0. The lowest BCUT2D eigenvalue weighted by Gasteiger charge is -2.29. The summed E-state index contributed by atoms with van der Waals surface area (Å²) in [6.45, 7) is 4.64. The van der Waals surface area contributed by atoms with Gasteiger partial charge >= 0.3 is 0 Å². The molecule has 40 heavy (non-hydrogen) atoms. The number of rotatable bonds is 8. The molecule has 4 aromatic carbocycles. The molecular formula is C33H30N2O5. The molecule has 4 aromatic rings. The molecule has 0 N–H and O–H groups in total. The molecule has 2 heterocycles. The van der Waals surface area contributed by atoms with Crippen molar-refractivity contribution in [2.24, 2.45) is 5.92 Å². The van der Waals surface area contributed by atoms with Crippen molar-refractivity contribution in [2.75, 3.05) is 16.6 Å². The molecular weight excluding hydrogens is 504 g/mol. The first kappa shape index (κ1) is 25.6. The minimum Gasteiger partial charge on any atom is -0.490 e. The number of hydrogen-bond donors (Lipinski definition) is 0. The first-order valence-corrected chi connectivity index (χ1v) is 13.4. The molecule has 2 aliphatic rings. The van der Waals surface area contributed by atoms with E-state index < -0.39 is 18.1 Å². The molecule has 0 aromatic heterocycles. The molecule has 0 spiro atoms. The fourth-order valence-electron chi connectivity index (χ4n) is 5.44. The quantitative estimate of drug-likeness (QED) is 0.258. The SMILES string of the molecule is CCOc1cc([C@@H]2[C@@H]3C(=O)N(c4ccccc4C)C(=O)[C@@H]3ON2c2ccccc2)ccc1OCc1ccccc1. The number of para-hydroxylation sites is 2. The average Bonchev–Trinajstić information content (AvgIpc) is 3.49. The monoisotopic (exact) mass is 534 g/mol. The lowest BCUT2D eigenvalue weighted by molar-refractivity contribution is -0.126. The molecule has 3 atom stereocenters. The van der Waals surface area contributed by atoms with E-state index in [4.69, 9.17) is 14.3 Å². The van der Waals surface area contributed by atoms with Gasteiger partial charge in [-0.3, -0.25) is 14.4 Å². The number of imide groups is 1. The van der Waals surface area contributed by atoms with Crippen LogP contribution in [-0.2, 0) is 21.0 Å². The van der Waals surface area contributed by atoms with Crippen molar-refractivity contribution in [3.8, 4) is 11.5 Å². The highest BCUT2D eigenvalue weighted by atomic mass is 16.7. The maximum absolute atomic E-state index is 14.0. The van der Waals surface area contributed by atoms with Gasteiger partial charge in [0.2, 0.25) is 5.91 Å². The number of hydroxylamine groups is 1. The zero-order valence-electron chi connectivity index (χ0n) is 22.4. The normalized spacial score (nSPS) is 20.1. The van der Waals surface area contributed by atoms with Gasteiger partial charge in [0.05, 0.1) is 24.0 Å². The number of fused-ring (bicyclic) bond motifs is 1. The van der Waals surface area contributed by atoms with Crippen LogP contribution in [0.25, 0.3) is 0 Å². The van der Waals surface area contributed by atoms with E-state index >= 15 is 0 Å². The summed E-state index contributed by atoms with van der Waals surface area (Å²) in [5.74, 6) is -0.208. The van der Waals surface area contributed by atoms with Gasteiger partial charge in [0.1, 0.15) is 12.5 Å². The smallest absolute Gasteiger partial charge is 0.266 e. The Labute approximate surface area is 233 Å². The number of nitrogens with zero attached hydrogens (tertiary/aromatic N) is 2. The highest BCUT2D eigenvalue weighted by Crippen LogP contribution is 2.49. The number of hydrogen-bond acceptors (Lipinski definition) is 6. The Hall–Kier alpha value is -4.62. The van der Waals surface area contributed by atoms with Crippen LogP contribution in [0, 0.1) is 12.8 Å². The van der Waals surface area contributed by atoms with Gasteiger partial charge in [0, 0.05) is 0 Å². The number of carbonyl (C=O) groups excluding carboxylic acids is 2. The third-order valence-electron chi connectivity index (χ3n) is 7.33. The molecule has 202 valence electrons. The lowest BCUT2D eigenvalue weighted by atomic mass is 9.90. The van der Waals surface area contributed by atoms with Crippen LogP contribution in [0.5, 0.6) is 11.5 Å². The van der Waals surface area contributed by atoms with Gasteiger partial charge < -0.3 is 9.47 Å². The van der Waals surface area contributed by atoms with Gasteiger partial charge in [-0.2, -0.15) is 0 Å². The maximum atomic E-state index is 14.0. The molecule has 6 rings (SSSR count). The molecule has 2 fully saturated rings. The van der Waals surface area contributed by atoms with Gasteiger partial charge in [0.25, 0.3) is 5.91 Å². The van der Waals surface area contributed by atoms with Crippen LogP contribution in [0.1, 0.15) is 29.7 Å². The van der Waals surface area contributed by atoms with E-state index in [1.807, 2.05) is 111 Å². The third-order valence-corrected chi connectivity index (χ3v) is 7.33. The second kappa shape index (κ2) is 10.9. The topological polar surface area (TPSA) is 68.3 Å². The fraction of sp³-hybridized carbons (Fsp3) is 0.212. The second-order valence-electron chi connectivity index (χ2n) is 9.87. The van der Waals surface area contributed by atoms with Crippen LogP contribution < -0.4 is 19.4 Å². The zero-order chi connectivity index (χ0) is 27.6. The standard InChI is InChI=1S/C33H30N2O5/c1-3-38-28-20-24(18-19-27(28)39-21-23-13-6-4-7-14-23)30-29-31(40-35(30)25-15-8-5-9-16-25)33(37)34(32(29)36)26-17-11-10-12-22(26)2/h4-20,29-31H,3,21H2,1-2H3/t29-,30+,31+/m0/s1. The highest BCUT2D eigenvalue weighted by Gasteiger charge is 2.60. The molecule has 7 heteroatoms. The molecule has 0 radical (unpaired) electrons. The number of anilines is 2. The first-order valence-electron chi connectivity index (χ1n) is 13.4. The van der Waals surface area contributed by atoms with Crippen LogP contribution >= 0.6 is 0 Å². The molecule has 2 saturated heterocycles. The van der Waals surface area contributed by atoms with Crippen LogP contribution in [-0.4, -0.2) is 24.5 Å². The second-order valence-corrected chi connectivity index (χ2v) is 9.87. The minimum atomic E-state index is -0.943. The predicted octanol–water partition coefficient (Wildman–Crippen LogP) is 6.02. The molecule has 0 unspecified atom stereocenters. The Morgan fingerprint density at radius 3 is 2.20 bits per heavy atom. The fourth-order valence-corrected chi connectivity index (χ4v) is 5.44. The number of benzene rings is 4. The molecule has 2 aliphatic heterocycles. The average molecular weight is 535 g/mol. The van der Waals surface area contributed by atoms with Gasteiger partial charge in [-0.05, 0) is 60.9 Å². The van der Waals surface area contributed by atoms with Gasteiger partial charge in [-0.1, -0.05) is 72.8 Å². The van der Waals surface area contributed by atoms with Crippen molar-refractivity contribution in [3.63, 3.8) is 0 Å². The summed E-state index contributed by atoms with van der Waals surface area (Å²) in [5, 5.41) is 1.69. The third kappa shape index (κ3) is 4.58. The van der Waals surface area contributed by atoms with E-state index in [-0.39, 0.29) is 11.8 Å². The summed E-state index contributed by atoms with van der Waals surface area (Å²) >= 11 is 0. The Morgan fingerprint density at radius 2 is 1.48 bits per heavy atom. The first-order chi connectivity index (χ1) is 19.6. The molecule has 7 nitrogen and oxygen atoms in total. The summed E-state index contributed by atoms with van der Waals surface area (Å²) in [6.07, 6.45) is -0.943. The molecule has 0 bridgehead atoms. The van der Waals surface area contributed by atoms with Crippen molar-refractivity contribution in [1.82, 2.24) is 0 Å². The largest absolute Gasteiger partial charge is 0.490 e. The van der Waals surface area contributed by atoms with Crippen molar-refractivity contribution in [1.29, 1.82) is 0 Å². The Kier molecular flexibility index (Phi) is 6.97. The van der Waals surface area contributed by atoms with Crippen LogP contribution in [0.4, 0.5) is 11.4 Å². The van der Waals surface area contributed by atoms with Crippen molar-refractivity contribution >= 4 is 23.2 Å². The Balaban J connectivity index is 1.38. The number of amides is 2. The molecule has 2 amide bonds. The zero-order valence-corrected chi connectivity index (χ0v) is 22.4. The van der Waals surface area contributed by atoms with Crippen LogP contribution in [0.2, 0.25) is 0 Å². The van der Waals surface area contributed by atoms with Crippen molar-refractivity contribution < 1.29 is 23.9 Å². The highest BCUT2D eigenvalue weighted by molar-refractivity contribution is 6.24. The van der Waals surface area contributed by atoms with E-state index in [0.717, 1.165) is 22.4 Å². The van der Waals surface area contributed by atoms with E-state index in [1.54, 1.807) is 11.1 Å². The van der Waals surface area contributed by atoms with E-state index in [0.29, 0.717) is 30.4 Å². The summed E-state index contributed by atoms with van der Waals surface area (Å²) in [5.41, 5.74) is 4.02. The summed E-state index contributed by atoms with van der Waals surface area (Å²) in [4.78, 5) is 35.2. The lowest BCUT2D eigenvalue weighted by Crippen LogP contribution is -2.37. The van der Waals surface area contributed by atoms with E-state index in [2.05, 4.69) is 0 Å².